The number of hydrogen-bond donors (Lipinski definition) is 1. The quantitative estimate of drug-likeness (QED) is 0.510. The van der Waals surface area contributed by atoms with Crippen LogP contribution in [-0.2, 0) is 6.54 Å². The minimum atomic E-state index is 0. The summed E-state index contributed by atoms with van der Waals surface area (Å²) in [5.41, 5.74) is 6.48. The maximum Gasteiger partial charge on any atom is 0.213 e. The van der Waals surface area contributed by atoms with Crippen LogP contribution in [0.15, 0.2) is 23.2 Å². The molecule has 1 rings (SSSR count). The summed E-state index contributed by atoms with van der Waals surface area (Å²) >= 11 is 0. The number of aromatic nitrogens is 1. The number of methoxy groups -OCH3 is 1. The van der Waals surface area contributed by atoms with E-state index in [4.69, 9.17) is 10.5 Å². The number of nitrogens with two attached hydrogens (primary N) is 1. The van der Waals surface area contributed by atoms with Gasteiger partial charge in [0.05, 0.1) is 19.3 Å². The number of rotatable bonds is 3. The normalized spacial score (nSPS) is 10.6. The van der Waals surface area contributed by atoms with Crippen molar-refractivity contribution in [2.75, 3.05) is 21.2 Å². The molecule has 0 aromatic carbocycles. The summed E-state index contributed by atoms with van der Waals surface area (Å²) in [6.07, 6.45) is 0. The van der Waals surface area contributed by atoms with Crippen LogP contribution in [0.25, 0.3) is 0 Å². The van der Waals surface area contributed by atoms with Gasteiger partial charge in [-0.15, -0.1) is 24.0 Å². The highest BCUT2D eigenvalue weighted by Crippen LogP contribution is 2.07. The molecule has 0 saturated carbocycles. The van der Waals surface area contributed by atoms with E-state index in [2.05, 4.69) is 9.98 Å². The molecule has 0 spiro atoms. The molecule has 1 aromatic rings. The van der Waals surface area contributed by atoms with Gasteiger partial charge in [0.1, 0.15) is 0 Å². The van der Waals surface area contributed by atoms with Crippen LogP contribution in [0.5, 0.6) is 5.88 Å². The lowest BCUT2D eigenvalue weighted by Gasteiger charge is -2.10. The number of nitrogens with zero attached hydrogens (tertiary/aromatic N) is 3. The second-order valence-electron chi connectivity index (χ2n) is 3.24. The second kappa shape index (κ2) is 7.26. The zero-order chi connectivity index (χ0) is 11.3. The van der Waals surface area contributed by atoms with Crippen LogP contribution in [0.1, 0.15) is 5.69 Å². The molecule has 0 unspecified atom stereocenters. The molecule has 16 heavy (non-hydrogen) atoms. The van der Waals surface area contributed by atoms with Crippen LogP contribution in [-0.4, -0.2) is 37.0 Å². The summed E-state index contributed by atoms with van der Waals surface area (Å²) in [5.74, 6) is 1.07. The number of pyridine rings is 1. The molecule has 2 N–H and O–H groups in total. The molecule has 90 valence electrons. The SMILES string of the molecule is COc1cccc(CN=C(N)N(C)C)n1.I. The van der Waals surface area contributed by atoms with Crippen LogP contribution in [0, 0.1) is 0 Å². The molecule has 0 aliphatic heterocycles. The van der Waals surface area contributed by atoms with E-state index in [-0.39, 0.29) is 24.0 Å². The molecule has 0 saturated heterocycles. The maximum atomic E-state index is 5.65. The van der Waals surface area contributed by atoms with Gasteiger partial charge in [-0.2, -0.15) is 0 Å². The van der Waals surface area contributed by atoms with E-state index in [1.54, 1.807) is 18.1 Å². The maximum absolute atomic E-state index is 5.65. The van der Waals surface area contributed by atoms with E-state index in [0.29, 0.717) is 18.4 Å². The van der Waals surface area contributed by atoms with E-state index in [9.17, 15) is 0 Å². The van der Waals surface area contributed by atoms with Gasteiger partial charge >= 0.3 is 0 Å². The molecular weight excluding hydrogens is 319 g/mol. The Bertz CT molecular complexity index is 354. The Morgan fingerprint density at radius 3 is 2.75 bits per heavy atom. The van der Waals surface area contributed by atoms with Crippen molar-refractivity contribution in [2.24, 2.45) is 10.7 Å². The van der Waals surface area contributed by atoms with Crippen LogP contribution < -0.4 is 10.5 Å². The summed E-state index contributed by atoms with van der Waals surface area (Å²) in [7, 11) is 5.28. The highest BCUT2D eigenvalue weighted by atomic mass is 127. The van der Waals surface area contributed by atoms with E-state index < -0.39 is 0 Å². The first kappa shape index (κ1) is 14.9. The predicted molar refractivity (Wildman–Crippen MR) is 75.2 cm³/mol. The van der Waals surface area contributed by atoms with E-state index in [1.807, 2.05) is 26.2 Å². The predicted octanol–water partition coefficient (Wildman–Crippen LogP) is 1.08. The minimum Gasteiger partial charge on any atom is -0.481 e. The Balaban J connectivity index is 0.00000225. The zero-order valence-corrected chi connectivity index (χ0v) is 12.0. The lowest BCUT2D eigenvalue weighted by atomic mass is 10.3. The molecule has 1 aromatic heterocycles. The topological polar surface area (TPSA) is 63.7 Å². The molecule has 5 nitrogen and oxygen atoms in total. The lowest BCUT2D eigenvalue weighted by Crippen LogP contribution is -2.30. The molecule has 0 aliphatic rings. The van der Waals surface area contributed by atoms with Gasteiger partial charge in [-0.3, -0.25) is 0 Å². The number of aliphatic imine (C=N–C) groups is 1. The van der Waals surface area contributed by atoms with Crippen molar-refractivity contribution in [2.45, 2.75) is 6.54 Å². The molecule has 0 radical (unpaired) electrons. The van der Waals surface area contributed by atoms with Crippen molar-refractivity contribution in [3.8, 4) is 5.88 Å². The van der Waals surface area contributed by atoms with Crippen molar-refractivity contribution < 1.29 is 4.74 Å². The Kier molecular flexibility index (Phi) is 6.78. The highest BCUT2D eigenvalue weighted by Gasteiger charge is 1.98. The fourth-order valence-electron chi connectivity index (χ4n) is 0.963. The highest BCUT2D eigenvalue weighted by molar-refractivity contribution is 14.0. The van der Waals surface area contributed by atoms with Gasteiger partial charge in [0, 0.05) is 20.2 Å². The van der Waals surface area contributed by atoms with Gasteiger partial charge in [-0.25, -0.2) is 9.98 Å². The summed E-state index contributed by atoms with van der Waals surface area (Å²) in [5, 5.41) is 0. The molecule has 6 heteroatoms. The van der Waals surface area contributed by atoms with Crippen molar-refractivity contribution >= 4 is 29.9 Å². The van der Waals surface area contributed by atoms with Gasteiger partial charge in [-0.1, -0.05) is 6.07 Å². The van der Waals surface area contributed by atoms with Gasteiger partial charge in [-0.05, 0) is 6.07 Å². The largest absolute Gasteiger partial charge is 0.481 e. The van der Waals surface area contributed by atoms with Crippen LogP contribution >= 0.6 is 24.0 Å². The first-order valence-corrected chi connectivity index (χ1v) is 4.60. The summed E-state index contributed by atoms with van der Waals surface area (Å²) < 4.78 is 5.01. The third-order valence-corrected chi connectivity index (χ3v) is 1.85. The van der Waals surface area contributed by atoms with Crippen LogP contribution in [0.4, 0.5) is 0 Å². The fourth-order valence-corrected chi connectivity index (χ4v) is 0.963. The van der Waals surface area contributed by atoms with E-state index >= 15 is 0 Å². The van der Waals surface area contributed by atoms with Crippen molar-refractivity contribution in [3.05, 3.63) is 23.9 Å². The number of hydrogen-bond acceptors (Lipinski definition) is 3. The third kappa shape index (κ3) is 4.65. The van der Waals surface area contributed by atoms with Gasteiger partial charge in [0.25, 0.3) is 0 Å². The first-order chi connectivity index (χ1) is 7.13. The molecule has 0 fully saturated rings. The lowest BCUT2D eigenvalue weighted by molar-refractivity contribution is 0.396. The second-order valence-corrected chi connectivity index (χ2v) is 3.24. The van der Waals surface area contributed by atoms with Crippen molar-refractivity contribution in [3.63, 3.8) is 0 Å². The monoisotopic (exact) mass is 336 g/mol. The minimum absolute atomic E-state index is 0. The number of ether oxygens (including phenoxy) is 1. The Morgan fingerprint density at radius 1 is 1.50 bits per heavy atom. The van der Waals surface area contributed by atoms with Crippen molar-refractivity contribution in [1.82, 2.24) is 9.88 Å². The molecule has 0 atom stereocenters. The van der Waals surface area contributed by atoms with E-state index in [1.165, 1.54) is 0 Å². The van der Waals surface area contributed by atoms with Gasteiger partial charge < -0.3 is 15.4 Å². The number of halogens is 1. The molecule has 0 aliphatic carbocycles. The Labute approximate surface area is 113 Å². The van der Waals surface area contributed by atoms with Gasteiger partial charge in [0.2, 0.25) is 5.88 Å². The smallest absolute Gasteiger partial charge is 0.213 e. The van der Waals surface area contributed by atoms with E-state index in [0.717, 1.165) is 5.69 Å². The summed E-state index contributed by atoms with van der Waals surface area (Å²) in [4.78, 5) is 10.1. The van der Waals surface area contributed by atoms with Crippen LogP contribution in [0.2, 0.25) is 0 Å². The first-order valence-electron chi connectivity index (χ1n) is 4.60. The average Bonchev–Trinajstić information content (AvgIpc) is 2.26. The molecule has 1 heterocycles. The molecular formula is C10H17IN4O. The molecule has 0 amide bonds. The summed E-state index contributed by atoms with van der Waals surface area (Å²) in [6.45, 7) is 0.460. The zero-order valence-electron chi connectivity index (χ0n) is 9.67. The average molecular weight is 336 g/mol. The summed E-state index contributed by atoms with van der Waals surface area (Å²) in [6, 6.07) is 5.56. The third-order valence-electron chi connectivity index (χ3n) is 1.85. The Hall–Kier alpha value is -1.05. The standard InChI is InChI=1S/C10H16N4O.HI/c1-14(2)10(11)12-7-8-5-4-6-9(13-8)15-3;/h4-6H,7H2,1-3H3,(H2,11,12);1H. The van der Waals surface area contributed by atoms with Crippen LogP contribution in [0.3, 0.4) is 0 Å². The van der Waals surface area contributed by atoms with Gasteiger partial charge in [0.15, 0.2) is 5.96 Å². The van der Waals surface area contributed by atoms with Crippen molar-refractivity contribution in [1.29, 1.82) is 0 Å². The Morgan fingerprint density at radius 2 is 2.19 bits per heavy atom. The molecule has 0 bridgehead atoms. The number of guanidine groups is 1. The fraction of sp³-hybridized carbons (Fsp3) is 0.400.